The number of rotatable bonds is 6. The van der Waals surface area contributed by atoms with Crippen LogP contribution in [-0.2, 0) is 14.8 Å². The Labute approximate surface area is 152 Å². The molecule has 142 valence electrons. The minimum absolute atomic E-state index is 0. The standard InChI is InChI=1S/C16H31N3O3S.ClH/c1-12-6-8-14(9-7-12)19-23(21,22)11-16(20)18-15-5-3-2-4-13(15)10-17;/h12-15,19H,2-11,17H2,1H3,(H,18,20);1H. The van der Waals surface area contributed by atoms with Gasteiger partial charge in [0.2, 0.25) is 15.9 Å². The molecule has 0 saturated heterocycles. The number of sulfonamides is 1. The van der Waals surface area contributed by atoms with Crippen LogP contribution in [-0.4, -0.2) is 38.7 Å². The smallest absolute Gasteiger partial charge is 0.236 e. The Balaban J connectivity index is 0.00000288. The first-order valence-electron chi connectivity index (χ1n) is 8.89. The van der Waals surface area contributed by atoms with Gasteiger partial charge in [-0.05, 0) is 56.9 Å². The van der Waals surface area contributed by atoms with Crippen molar-refractivity contribution >= 4 is 28.3 Å². The van der Waals surface area contributed by atoms with E-state index in [1.165, 1.54) is 0 Å². The van der Waals surface area contributed by atoms with Crippen LogP contribution in [0.15, 0.2) is 0 Å². The summed E-state index contributed by atoms with van der Waals surface area (Å²) in [5, 5.41) is 2.88. The number of halogens is 1. The van der Waals surface area contributed by atoms with Crippen LogP contribution in [0.2, 0.25) is 0 Å². The first kappa shape index (κ1) is 21.7. The van der Waals surface area contributed by atoms with Gasteiger partial charge in [-0.25, -0.2) is 13.1 Å². The predicted molar refractivity (Wildman–Crippen MR) is 98.5 cm³/mol. The van der Waals surface area contributed by atoms with Gasteiger partial charge in [0.1, 0.15) is 5.75 Å². The molecule has 0 aromatic rings. The van der Waals surface area contributed by atoms with Crippen LogP contribution < -0.4 is 15.8 Å². The predicted octanol–water partition coefficient (Wildman–Crippen LogP) is 1.54. The number of hydrogen-bond acceptors (Lipinski definition) is 4. The highest BCUT2D eigenvalue weighted by molar-refractivity contribution is 7.90. The summed E-state index contributed by atoms with van der Waals surface area (Å²) >= 11 is 0. The SMILES string of the molecule is CC1CCC(NS(=O)(=O)CC(=O)NC2CCCCC2CN)CC1.Cl. The fraction of sp³-hybridized carbons (Fsp3) is 0.938. The molecule has 0 radical (unpaired) electrons. The van der Waals surface area contributed by atoms with Crippen LogP contribution in [0.3, 0.4) is 0 Å². The Morgan fingerprint density at radius 3 is 2.33 bits per heavy atom. The first-order valence-corrected chi connectivity index (χ1v) is 10.5. The van der Waals surface area contributed by atoms with E-state index in [1.54, 1.807) is 0 Å². The van der Waals surface area contributed by atoms with E-state index in [-0.39, 0.29) is 30.4 Å². The van der Waals surface area contributed by atoms with Crippen LogP contribution in [0.5, 0.6) is 0 Å². The lowest BCUT2D eigenvalue weighted by molar-refractivity contribution is -0.119. The van der Waals surface area contributed by atoms with Crippen LogP contribution in [0.25, 0.3) is 0 Å². The Bertz CT molecular complexity index is 493. The van der Waals surface area contributed by atoms with E-state index in [4.69, 9.17) is 5.73 Å². The average Bonchev–Trinajstić information content (AvgIpc) is 2.49. The molecule has 2 saturated carbocycles. The molecule has 2 fully saturated rings. The van der Waals surface area contributed by atoms with Gasteiger partial charge in [0, 0.05) is 12.1 Å². The normalized spacial score (nSPS) is 31.1. The summed E-state index contributed by atoms with van der Waals surface area (Å²) in [4.78, 5) is 12.1. The molecule has 1 amide bonds. The Kier molecular flexibility index (Phi) is 8.98. The van der Waals surface area contributed by atoms with Gasteiger partial charge in [-0.1, -0.05) is 19.8 Å². The summed E-state index contributed by atoms with van der Waals surface area (Å²) in [6.07, 6.45) is 7.90. The van der Waals surface area contributed by atoms with Crippen molar-refractivity contribution < 1.29 is 13.2 Å². The van der Waals surface area contributed by atoms with Crippen molar-refractivity contribution in [1.29, 1.82) is 0 Å². The summed E-state index contributed by atoms with van der Waals surface area (Å²) in [6.45, 7) is 2.73. The summed E-state index contributed by atoms with van der Waals surface area (Å²) in [5.74, 6) is 0.0427. The van der Waals surface area contributed by atoms with E-state index in [1.807, 2.05) is 0 Å². The number of nitrogens with one attached hydrogen (secondary N) is 2. The molecule has 0 bridgehead atoms. The number of carbonyl (C=O) groups excluding carboxylic acids is 1. The molecule has 6 nitrogen and oxygen atoms in total. The highest BCUT2D eigenvalue weighted by atomic mass is 35.5. The van der Waals surface area contributed by atoms with Crippen LogP contribution in [0.4, 0.5) is 0 Å². The fourth-order valence-corrected chi connectivity index (χ4v) is 5.03. The third kappa shape index (κ3) is 6.86. The van der Waals surface area contributed by atoms with Gasteiger partial charge in [0.15, 0.2) is 0 Å². The second-order valence-corrected chi connectivity index (χ2v) is 9.04. The Hall–Kier alpha value is -0.370. The molecule has 0 aromatic carbocycles. The van der Waals surface area contributed by atoms with Crippen LogP contribution in [0, 0.1) is 11.8 Å². The maximum Gasteiger partial charge on any atom is 0.236 e. The number of nitrogens with two attached hydrogens (primary N) is 1. The van der Waals surface area contributed by atoms with Gasteiger partial charge in [-0.2, -0.15) is 0 Å². The second-order valence-electron chi connectivity index (χ2n) is 7.29. The Morgan fingerprint density at radius 2 is 1.71 bits per heavy atom. The average molecular weight is 382 g/mol. The molecular formula is C16H32ClN3O3S. The Morgan fingerprint density at radius 1 is 1.08 bits per heavy atom. The zero-order chi connectivity index (χ0) is 16.9. The van der Waals surface area contributed by atoms with Crippen molar-refractivity contribution in [2.75, 3.05) is 12.3 Å². The summed E-state index contributed by atoms with van der Waals surface area (Å²) in [7, 11) is -3.57. The quantitative estimate of drug-likeness (QED) is 0.649. The third-order valence-electron chi connectivity index (χ3n) is 5.24. The molecule has 2 atom stereocenters. The molecular weight excluding hydrogens is 350 g/mol. The summed E-state index contributed by atoms with van der Waals surface area (Å²) in [5.41, 5.74) is 5.75. The molecule has 2 rings (SSSR count). The van der Waals surface area contributed by atoms with Gasteiger partial charge >= 0.3 is 0 Å². The van der Waals surface area contributed by atoms with E-state index in [0.717, 1.165) is 51.4 Å². The highest BCUT2D eigenvalue weighted by Gasteiger charge is 2.28. The minimum atomic E-state index is -3.57. The lowest BCUT2D eigenvalue weighted by Crippen LogP contribution is -2.48. The van der Waals surface area contributed by atoms with Crippen molar-refractivity contribution in [1.82, 2.24) is 10.0 Å². The van der Waals surface area contributed by atoms with Gasteiger partial charge in [-0.3, -0.25) is 4.79 Å². The van der Waals surface area contributed by atoms with Crippen molar-refractivity contribution in [3.63, 3.8) is 0 Å². The van der Waals surface area contributed by atoms with Gasteiger partial charge in [-0.15, -0.1) is 12.4 Å². The molecule has 2 aliphatic carbocycles. The van der Waals surface area contributed by atoms with Crippen molar-refractivity contribution in [2.24, 2.45) is 17.6 Å². The molecule has 0 aliphatic heterocycles. The number of hydrogen-bond donors (Lipinski definition) is 3. The van der Waals surface area contributed by atoms with Crippen LogP contribution in [0.1, 0.15) is 58.3 Å². The largest absolute Gasteiger partial charge is 0.352 e. The molecule has 2 aliphatic rings. The number of carbonyl (C=O) groups is 1. The molecule has 0 heterocycles. The van der Waals surface area contributed by atoms with Crippen LogP contribution >= 0.6 is 12.4 Å². The topological polar surface area (TPSA) is 101 Å². The first-order chi connectivity index (χ1) is 10.9. The molecule has 0 spiro atoms. The molecule has 8 heteroatoms. The number of amides is 1. The summed E-state index contributed by atoms with van der Waals surface area (Å²) < 4.78 is 27.1. The van der Waals surface area contributed by atoms with Crippen molar-refractivity contribution in [3.8, 4) is 0 Å². The monoisotopic (exact) mass is 381 g/mol. The van der Waals surface area contributed by atoms with E-state index in [2.05, 4.69) is 17.0 Å². The lowest BCUT2D eigenvalue weighted by atomic mass is 9.84. The van der Waals surface area contributed by atoms with Gasteiger partial charge < -0.3 is 11.1 Å². The van der Waals surface area contributed by atoms with Crippen molar-refractivity contribution in [3.05, 3.63) is 0 Å². The van der Waals surface area contributed by atoms with E-state index in [9.17, 15) is 13.2 Å². The van der Waals surface area contributed by atoms with Gasteiger partial charge in [0.25, 0.3) is 0 Å². The molecule has 0 aromatic heterocycles. The molecule has 24 heavy (non-hydrogen) atoms. The van der Waals surface area contributed by atoms with Gasteiger partial charge in [0.05, 0.1) is 0 Å². The third-order valence-corrected chi connectivity index (χ3v) is 6.58. The minimum Gasteiger partial charge on any atom is -0.352 e. The van der Waals surface area contributed by atoms with E-state index in [0.29, 0.717) is 12.5 Å². The van der Waals surface area contributed by atoms with E-state index < -0.39 is 21.7 Å². The zero-order valence-corrected chi connectivity index (χ0v) is 16.1. The highest BCUT2D eigenvalue weighted by Crippen LogP contribution is 2.24. The molecule has 2 unspecified atom stereocenters. The lowest BCUT2D eigenvalue weighted by Gasteiger charge is -2.31. The zero-order valence-electron chi connectivity index (χ0n) is 14.5. The maximum absolute atomic E-state index is 12.2. The fourth-order valence-electron chi connectivity index (χ4n) is 3.77. The van der Waals surface area contributed by atoms with Crippen molar-refractivity contribution in [2.45, 2.75) is 70.4 Å². The maximum atomic E-state index is 12.2. The molecule has 4 N–H and O–H groups in total. The second kappa shape index (κ2) is 9.94. The summed E-state index contributed by atoms with van der Waals surface area (Å²) in [6, 6.07) is 0.00227. The van der Waals surface area contributed by atoms with E-state index >= 15 is 0 Å².